The van der Waals surface area contributed by atoms with E-state index in [0.717, 1.165) is 11.3 Å². The van der Waals surface area contributed by atoms with Crippen LogP contribution in [0.5, 0.6) is 5.75 Å². The Morgan fingerprint density at radius 3 is 2.28 bits per heavy atom. The van der Waals surface area contributed by atoms with Crippen molar-refractivity contribution in [3.8, 4) is 5.75 Å². The van der Waals surface area contributed by atoms with E-state index in [2.05, 4.69) is 0 Å². The summed E-state index contributed by atoms with van der Waals surface area (Å²) in [5, 5.41) is 9.89. The van der Waals surface area contributed by atoms with Crippen LogP contribution in [-0.2, 0) is 9.47 Å². The van der Waals surface area contributed by atoms with Crippen LogP contribution in [0.3, 0.4) is 0 Å². The molecule has 0 radical (unpaired) electrons. The van der Waals surface area contributed by atoms with E-state index in [-0.39, 0.29) is 6.61 Å². The maximum absolute atomic E-state index is 9.89. The summed E-state index contributed by atoms with van der Waals surface area (Å²) < 4.78 is 15.8. The number of hydrogen-bond donors (Lipinski definition) is 1. The lowest BCUT2D eigenvalue weighted by Crippen LogP contribution is -2.11. The van der Waals surface area contributed by atoms with E-state index in [1.165, 1.54) is 0 Å². The summed E-state index contributed by atoms with van der Waals surface area (Å²) in [5.74, 6) is 0.811. The molecule has 0 aliphatic rings. The van der Waals surface area contributed by atoms with Crippen LogP contribution >= 0.6 is 0 Å². The highest BCUT2D eigenvalue weighted by atomic mass is 16.5. The van der Waals surface area contributed by atoms with Gasteiger partial charge < -0.3 is 19.3 Å². The number of aliphatic hydroxyl groups excluding tert-OH is 1. The molecule has 102 valence electrons. The summed E-state index contributed by atoms with van der Waals surface area (Å²) in [7, 11) is 0. The van der Waals surface area contributed by atoms with Crippen molar-refractivity contribution in [3.05, 3.63) is 29.8 Å². The van der Waals surface area contributed by atoms with Gasteiger partial charge in [-0.2, -0.15) is 0 Å². The lowest BCUT2D eigenvalue weighted by molar-refractivity contribution is 0.00530. The standard InChI is InChI=1S/C14H22O4/c1-3-16-9-10-17-11-14(15)12-5-7-13(8-6-12)18-4-2/h5-8,14-15H,3-4,9-11H2,1-2H3. The second-order valence-electron chi connectivity index (χ2n) is 3.79. The molecule has 0 heterocycles. The number of benzene rings is 1. The molecule has 0 fully saturated rings. The van der Waals surface area contributed by atoms with Crippen molar-refractivity contribution in [2.75, 3.05) is 33.0 Å². The van der Waals surface area contributed by atoms with E-state index in [1.807, 2.05) is 38.1 Å². The molecule has 4 heteroatoms. The summed E-state index contributed by atoms with van der Waals surface area (Å²) in [4.78, 5) is 0. The zero-order chi connectivity index (χ0) is 13.2. The fourth-order valence-corrected chi connectivity index (χ4v) is 1.51. The smallest absolute Gasteiger partial charge is 0.119 e. The molecule has 0 aliphatic carbocycles. The molecule has 0 aromatic heterocycles. The summed E-state index contributed by atoms with van der Waals surface area (Å²) in [6.07, 6.45) is -0.609. The van der Waals surface area contributed by atoms with E-state index in [1.54, 1.807) is 0 Å². The van der Waals surface area contributed by atoms with Gasteiger partial charge in [0.1, 0.15) is 11.9 Å². The first-order chi connectivity index (χ1) is 8.77. The average molecular weight is 254 g/mol. The summed E-state index contributed by atoms with van der Waals surface area (Å²) in [6, 6.07) is 7.40. The van der Waals surface area contributed by atoms with Gasteiger partial charge in [-0.05, 0) is 31.5 Å². The molecule has 0 spiro atoms. The minimum absolute atomic E-state index is 0.279. The van der Waals surface area contributed by atoms with Crippen LogP contribution in [0.4, 0.5) is 0 Å². The minimum atomic E-state index is -0.609. The van der Waals surface area contributed by atoms with Gasteiger partial charge in [0.15, 0.2) is 0 Å². The molecular formula is C14H22O4. The molecule has 1 rings (SSSR count). The van der Waals surface area contributed by atoms with Crippen molar-refractivity contribution in [3.63, 3.8) is 0 Å². The highest BCUT2D eigenvalue weighted by Crippen LogP contribution is 2.18. The molecule has 1 aromatic carbocycles. The van der Waals surface area contributed by atoms with Crippen molar-refractivity contribution in [2.24, 2.45) is 0 Å². The predicted molar refractivity (Wildman–Crippen MR) is 69.9 cm³/mol. The Labute approximate surface area is 108 Å². The molecule has 0 amide bonds. The fourth-order valence-electron chi connectivity index (χ4n) is 1.51. The Balaban J connectivity index is 2.30. The summed E-state index contributed by atoms with van der Waals surface area (Å²) in [5.41, 5.74) is 0.829. The molecule has 0 saturated heterocycles. The first kappa shape index (κ1) is 15.0. The average Bonchev–Trinajstić information content (AvgIpc) is 2.39. The molecule has 0 aliphatic heterocycles. The van der Waals surface area contributed by atoms with Crippen LogP contribution in [0.1, 0.15) is 25.5 Å². The van der Waals surface area contributed by atoms with E-state index >= 15 is 0 Å². The third-order valence-electron chi connectivity index (χ3n) is 2.43. The van der Waals surface area contributed by atoms with Gasteiger partial charge >= 0.3 is 0 Å². The third kappa shape index (κ3) is 5.49. The fraction of sp³-hybridized carbons (Fsp3) is 0.571. The molecule has 1 atom stereocenters. The van der Waals surface area contributed by atoms with Gasteiger partial charge in [-0.25, -0.2) is 0 Å². The van der Waals surface area contributed by atoms with Gasteiger partial charge in [-0.15, -0.1) is 0 Å². The van der Waals surface area contributed by atoms with Crippen molar-refractivity contribution in [1.29, 1.82) is 0 Å². The number of ether oxygens (including phenoxy) is 3. The lowest BCUT2D eigenvalue weighted by atomic mass is 10.1. The number of aliphatic hydroxyl groups is 1. The van der Waals surface area contributed by atoms with Crippen molar-refractivity contribution in [1.82, 2.24) is 0 Å². The monoisotopic (exact) mass is 254 g/mol. The molecule has 1 aromatic rings. The van der Waals surface area contributed by atoms with Crippen LogP contribution < -0.4 is 4.74 Å². The first-order valence-corrected chi connectivity index (χ1v) is 6.34. The topological polar surface area (TPSA) is 47.9 Å². The quantitative estimate of drug-likeness (QED) is 0.686. The molecule has 0 saturated carbocycles. The molecule has 18 heavy (non-hydrogen) atoms. The zero-order valence-corrected chi connectivity index (χ0v) is 11.1. The van der Waals surface area contributed by atoms with Gasteiger partial charge in [0.25, 0.3) is 0 Å². The van der Waals surface area contributed by atoms with Crippen molar-refractivity contribution >= 4 is 0 Å². The van der Waals surface area contributed by atoms with Gasteiger partial charge in [-0.3, -0.25) is 0 Å². The predicted octanol–water partition coefficient (Wildman–Crippen LogP) is 2.17. The Kier molecular flexibility index (Phi) is 7.41. The molecule has 0 bridgehead atoms. The summed E-state index contributed by atoms with van der Waals surface area (Å²) >= 11 is 0. The van der Waals surface area contributed by atoms with E-state index in [4.69, 9.17) is 14.2 Å². The number of hydrogen-bond acceptors (Lipinski definition) is 4. The van der Waals surface area contributed by atoms with Crippen LogP contribution in [0.15, 0.2) is 24.3 Å². The molecule has 1 N–H and O–H groups in total. The van der Waals surface area contributed by atoms with E-state index in [9.17, 15) is 5.11 Å². The second kappa shape index (κ2) is 8.91. The van der Waals surface area contributed by atoms with Crippen LogP contribution in [-0.4, -0.2) is 38.1 Å². The first-order valence-electron chi connectivity index (χ1n) is 6.34. The van der Waals surface area contributed by atoms with Crippen molar-refractivity contribution in [2.45, 2.75) is 20.0 Å². The normalized spacial score (nSPS) is 12.4. The van der Waals surface area contributed by atoms with E-state index in [0.29, 0.717) is 26.4 Å². The maximum atomic E-state index is 9.89. The maximum Gasteiger partial charge on any atom is 0.119 e. The highest BCUT2D eigenvalue weighted by molar-refractivity contribution is 5.28. The Hall–Kier alpha value is -1.10. The van der Waals surface area contributed by atoms with Gasteiger partial charge in [0.2, 0.25) is 0 Å². The Morgan fingerprint density at radius 2 is 1.67 bits per heavy atom. The number of rotatable bonds is 9. The van der Waals surface area contributed by atoms with E-state index < -0.39 is 6.10 Å². The largest absolute Gasteiger partial charge is 0.494 e. The Bertz CT molecular complexity index is 310. The summed E-state index contributed by atoms with van der Waals surface area (Å²) in [6.45, 7) is 6.55. The van der Waals surface area contributed by atoms with Gasteiger partial charge in [-0.1, -0.05) is 12.1 Å². The second-order valence-corrected chi connectivity index (χ2v) is 3.79. The lowest BCUT2D eigenvalue weighted by Gasteiger charge is -2.12. The van der Waals surface area contributed by atoms with Gasteiger partial charge in [0.05, 0.1) is 26.4 Å². The minimum Gasteiger partial charge on any atom is -0.494 e. The molecule has 4 nitrogen and oxygen atoms in total. The van der Waals surface area contributed by atoms with Crippen molar-refractivity contribution < 1.29 is 19.3 Å². The SMILES string of the molecule is CCOCCOCC(O)c1ccc(OCC)cc1. The van der Waals surface area contributed by atoms with Crippen LogP contribution in [0, 0.1) is 0 Å². The van der Waals surface area contributed by atoms with Crippen LogP contribution in [0.2, 0.25) is 0 Å². The Morgan fingerprint density at radius 1 is 1.00 bits per heavy atom. The van der Waals surface area contributed by atoms with Gasteiger partial charge in [0, 0.05) is 6.61 Å². The van der Waals surface area contributed by atoms with Crippen LogP contribution in [0.25, 0.3) is 0 Å². The molecule has 1 unspecified atom stereocenters. The highest BCUT2D eigenvalue weighted by Gasteiger charge is 2.07. The zero-order valence-electron chi connectivity index (χ0n) is 11.1. The third-order valence-corrected chi connectivity index (χ3v) is 2.43. The molecular weight excluding hydrogens is 232 g/mol.